The van der Waals surface area contributed by atoms with Crippen LogP contribution in [0.3, 0.4) is 0 Å². The van der Waals surface area contributed by atoms with Gasteiger partial charge in [0.25, 0.3) is 0 Å². The van der Waals surface area contributed by atoms with E-state index in [1.165, 1.54) is 334 Å². The van der Waals surface area contributed by atoms with Gasteiger partial charge in [-0.2, -0.15) is 0 Å². The summed E-state index contributed by atoms with van der Waals surface area (Å²) in [4.78, 5) is 24.6. The Morgan fingerprint density at radius 1 is 0.333 bits per heavy atom. The zero-order valence-electron chi connectivity index (χ0n) is 54.8. The summed E-state index contributed by atoms with van der Waals surface area (Å²) in [6.07, 6.45) is 90.9. The molecule has 2 atom stereocenters. The number of hydrogen-bond acceptors (Lipinski definition) is 5. The molecule has 0 saturated carbocycles. The Morgan fingerprint density at radius 2 is 0.580 bits per heavy atom. The number of carbonyl (C=O) groups excluding carboxylic acids is 2. The lowest BCUT2D eigenvalue weighted by Gasteiger charge is -2.20. The van der Waals surface area contributed by atoms with Crippen LogP contribution in [0.4, 0.5) is 0 Å². The topological polar surface area (TPSA) is 95.9 Å². The highest BCUT2D eigenvalue weighted by Crippen LogP contribution is 2.19. The van der Waals surface area contributed by atoms with E-state index in [1.54, 1.807) is 6.08 Å². The second-order valence-electron chi connectivity index (χ2n) is 25.3. The van der Waals surface area contributed by atoms with Crippen molar-refractivity contribution in [2.45, 2.75) is 418 Å². The molecule has 0 bridgehead atoms. The van der Waals surface area contributed by atoms with Crippen molar-refractivity contribution < 1.29 is 24.5 Å². The number of unbranched alkanes of at least 4 members (excludes halogenated alkanes) is 54. The van der Waals surface area contributed by atoms with Crippen LogP contribution in [-0.4, -0.2) is 47.4 Å². The predicted molar refractivity (Wildman–Crippen MR) is 356 cm³/mol. The molecule has 0 fully saturated rings. The van der Waals surface area contributed by atoms with Gasteiger partial charge in [-0.3, -0.25) is 9.59 Å². The number of nitrogens with one attached hydrogen (secondary N) is 1. The summed E-state index contributed by atoms with van der Waals surface area (Å²) in [7, 11) is 0. The molecule has 3 N–H and O–H groups in total. The summed E-state index contributed by atoms with van der Waals surface area (Å²) >= 11 is 0. The van der Waals surface area contributed by atoms with Crippen molar-refractivity contribution in [2.24, 2.45) is 0 Å². The quantitative estimate of drug-likeness (QED) is 0.0320. The van der Waals surface area contributed by atoms with Gasteiger partial charge >= 0.3 is 5.97 Å². The van der Waals surface area contributed by atoms with Crippen molar-refractivity contribution in [2.75, 3.05) is 13.2 Å². The summed E-state index contributed by atoms with van der Waals surface area (Å²) in [5, 5.41) is 23.3. The van der Waals surface area contributed by atoms with Gasteiger partial charge in [0.15, 0.2) is 0 Å². The van der Waals surface area contributed by atoms with Crippen molar-refractivity contribution in [3.63, 3.8) is 0 Å². The second-order valence-corrected chi connectivity index (χ2v) is 25.3. The number of carbonyl (C=O) groups is 2. The van der Waals surface area contributed by atoms with Gasteiger partial charge in [0.2, 0.25) is 5.91 Å². The minimum Gasteiger partial charge on any atom is -0.466 e. The van der Waals surface area contributed by atoms with Crippen LogP contribution in [0.1, 0.15) is 406 Å². The first-order chi connectivity index (χ1) is 40.0. The number of amides is 1. The molecular weight excluding hydrogens is 995 g/mol. The molecule has 0 rings (SSSR count). The molecule has 0 aliphatic rings. The summed E-state index contributed by atoms with van der Waals surface area (Å²) in [6, 6.07) is -0.630. The molecule has 0 radical (unpaired) electrons. The first kappa shape index (κ1) is 79.1. The van der Waals surface area contributed by atoms with Crippen molar-refractivity contribution in [3.05, 3.63) is 36.5 Å². The Morgan fingerprint density at radius 3 is 0.889 bits per heavy atom. The molecule has 0 aromatic heterocycles. The second kappa shape index (κ2) is 70.6. The SMILES string of the molecule is CCCCCC/C=C\CCCCCCCC(=O)OCCCCCCCCCCCCCC/C=C\CCCCCCCCCCCCCC(=O)NC(CO)C(O)/C=C/CCCCCCCCCCCCCCCCCCCCCCCC. The predicted octanol–water partition coefficient (Wildman–Crippen LogP) is 23.9. The van der Waals surface area contributed by atoms with Crippen molar-refractivity contribution >= 4 is 11.9 Å². The van der Waals surface area contributed by atoms with Crippen molar-refractivity contribution in [3.8, 4) is 0 Å². The van der Waals surface area contributed by atoms with E-state index in [1.807, 2.05) is 6.08 Å². The number of rotatable bonds is 69. The van der Waals surface area contributed by atoms with E-state index in [4.69, 9.17) is 4.74 Å². The smallest absolute Gasteiger partial charge is 0.305 e. The first-order valence-corrected chi connectivity index (χ1v) is 36.8. The highest BCUT2D eigenvalue weighted by Gasteiger charge is 2.18. The molecule has 0 aliphatic heterocycles. The lowest BCUT2D eigenvalue weighted by molar-refractivity contribution is -0.143. The van der Waals surface area contributed by atoms with Gasteiger partial charge < -0.3 is 20.3 Å². The molecule has 0 heterocycles. The monoisotopic (exact) mass is 1140 g/mol. The molecule has 0 aliphatic carbocycles. The van der Waals surface area contributed by atoms with E-state index in [-0.39, 0.29) is 18.5 Å². The normalized spacial score (nSPS) is 12.7. The number of allylic oxidation sites excluding steroid dienone is 5. The van der Waals surface area contributed by atoms with Crippen LogP contribution < -0.4 is 5.32 Å². The molecule has 0 saturated heterocycles. The largest absolute Gasteiger partial charge is 0.466 e. The summed E-state index contributed by atoms with van der Waals surface area (Å²) in [6.45, 7) is 4.92. The fourth-order valence-corrected chi connectivity index (χ4v) is 11.5. The van der Waals surface area contributed by atoms with Gasteiger partial charge in [-0.05, 0) is 83.5 Å². The van der Waals surface area contributed by atoms with E-state index in [0.29, 0.717) is 19.4 Å². The lowest BCUT2D eigenvalue weighted by atomic mass is 10.0. The Bertz CT molecular complexity index is 1310. The number of esters is 1. The number of hydrogen-bond donors (Lipinski definition) is 3. The van der Waals surface area contributed by atoms with Gasteiger partial charge in [0.1, 0.15) is 0 Å². The summed E-state index contributed by atoms with van der Waals surface area (Å²) in [5.41, 5.74) is 0. The zero-order valence-corrected chi connectivity index (χ0v) is 54.8. The third kappa shape index (κ3) is 67.1. The summed E-state index contributed by atoms with van der Waals surface area (Å²) < 4.78 is 5.48. The molecule has 6 nitrogen and oxygen atoms in total. The molecule has 478 valence electrons. The standard InChI is InChI=1S/C75H143NO5/c1-3-5-7-9-11-13-15-17-18-19-20-21-22-28-31-34-37-40-44-47-51-55-59-63-67-73(78)72(71-77)76-74(79)68-64-60-56-52-48-45-41-38-35-32-29-26-24-23-25-27-30-33-36-39-42-46-50-54-58-62-66-70-81-75(80)69-65-61-57-53-49-43-16-14-12-10-8-6-4-2/h14,16,23-24,63,67,72-73,77-78H,3-13,15,17-22,25-62,64-66,68-71H2,1-2H3,(H,76,79)/b16-14-,24-23-,67-63+. The first-order valence-electron chi connectivity index (χ1n) is 36.8. The minimum absolute atomic E-state index is 0.00597. The Hall–Kier alpha value is -1.92. The van der Waals surface area contributed by atoms with Crippen molar-refractivity contribution in [1.82, 2.24) is 5.32 Å². The van der Waals surface area contributed by atoms with Gasteiger partial charge in [-0.15, -0.1) is 0 Å². The molecule has 81 heavy (non-hydrogen) atoms. The van der Waals surface area contributed by atoms with Crippen LogP contribution >= 0.6 is 0 Å². The fraction of sp³-hybridized carbons (Fsp3) is 0.893. The van der Waals surface area contributed by atoms with Gasteiger partial charge in [0.05, 0.1) is 25.4 Å². The van der Waals surface area contributed by atoms with E-state index in [2.05, 4.69) is 43.5 Å². The van der Waals surface area contributed by atoms with Crippen LogP contribution in [-0.2, 0) is 14.3 Å². The molecule has 0 aromatic carbocycles. The highest BCUT2D eigenvalue weighted by molar-refractivity contribution is 5.76. The molecule has 0 aromatic rings. The number of aliphatic hydroxyl groups is 2. The molecule has 6 heteroatoms. The molecule has 2 unspecified atom stereocenters. The average Bonchev–Trinajstić information content (AvgIpc) is 3.47. The van der Waals surface area contributed by atoms with Crippen LogP contribution in [0.15, 0.2) is 36.5 Å². The maximum atomic E-state index is 12.5. The van der Waals surface area contributed by atoms with Gasteiger partial charge in [0, 0.05) is 12.8 Å². The van der Waals surface area contributed by atoms with Crippen LogP contribution in [0.2, 0.25) is 0 Å². The van der Waals surface area contributed by atoms with Crippen molar-refractivity contribution in [1.29, 1.82) is 0 Å². The van der Waals surface area contributed by atoms with E-state index < -0.39 is 12.1 Å². The summed E-state index contributed by atoms with van der Waals surface area (Å²) in [5.74, 6) is -0.0586. The van der Waals surface area contributed by atoms with Gasteiger partial charge in [-0.25, -0.2) is 0 Å². The zero-order chi connectivity index (χ0) is 58.5. The van der Waals surface area contributed by atoms with E-state index in [0.717, 1.165) is 44.9 Å². The maximum absolute atomic E-state index is 12.5. The van der Waals surface area contributed by atoms with Crippen LogP contribution in [0, 0.1) is 0 Å². The number of aliphatic hydroxyl groups excluding tert-OH is 2. The third-order valence-corrected chi connectivity index (χ3v) is 17.1. The average molecular weight is 1140 g/mol. The van der Waals surface area contributed by atoms with Gasteiger partial charge in [-0.1, -0.05) is 346 Å². The Kier molecular flexibility index (Phi) is 68.9. The van der Waals surface area contributed by atoms with Crippen LogP contribution in [0.25, 0.3) is 0 Å². The van der Waals surface area contributed by atoms with E-state index >= 15 is 0 Å². The Balaban J connectivity index is 3.42. The lowest BCUT2D eigenvalue weighted by Crippen LogP contribution is -2.45. The Labute approximate surface area is 506 Å². The molecule has 0 spiro atoms. The molecule has 1 amide bonds. The van der Waals surface area contributed by atoms with Crippen LogP contribution in [0.5, 0.6) is 0 Å². The fourth-order valence-electron chi connectivity index (χ4n) is 11.5. The molecular formula is C75H143NO5. The minimum atomic E-state index is -0.847. The third-order valence-electron chi connectivity index (χ3n) is 17.1. The maximum Gasteiger partial charge on any atom is 0.305 e. The van der Waals surface area contributed by atoms with E-state index in [9.17, 15) is 19.8 Å². The number of ether oxygens (including phenoxy) is 1. The highest BCUT2D eigenvalue weighted by atomic mass is 16.5.